The average Bonchev–Trinajstić information content (AvgIpc) is 2.87. The van der Waals surface area contributed by atoms with Crippen LogP contribution in [0.3, 0.4) is 0 Å². The van der Waals surface area contributed by atoms with E-state index in [1.54, 1.807) is 7.11 Å². The zero-order chi connectivity index (χ0) is 14.4. The summed E-state index contributed by atoms with van der Waals surface area (Å²) in [7, 11) is 1.55. The smallest absolute Gasteiger partial charge is 0.114 e. The van der Waals surface area contributed by atoms with E-state index >= 15 is 0 Å². The molecule has 1 heterocycles. The molecule has 1 aromatic heterocycles. The maximum atomic E-state index is 5.71. The van der Waals surface area contributed by atoms with E-state index in [2.05, 4.69) is 21.6 Å². The number of benzene rings is 1. The Morgan fingerprint density at radius 1 is 1.35 bits per heavy atom. The van der Waals surface area contributed by atoms with Crippen LogP contribution in [0.5, 0.6) is 0 Å². The molecule has 2 rings (SSSR count). The molecule has 0 atom stereocenters. The Bertz CT molecular complexity index is 572. The lowest BCUT2D eigenvalue weighted by Crippen LogP contribution is -2.12. The van der Waals surface area contributed by atoms with Gasteiger partial charge in [0.25, 0.3) is 0 Å². The van der Waals surface area contributed by atoms with E-state index in [1.165, 1.54) is 0 Å². The fraction of sp³-hybridized carbons (Fsp3) is 0.333. The van der Waals surface area contributed by atoms with Crippen LogP contribution in [-0.4, -0.2) is 22.4 Å². The van der Waals surface area contributed by atoms with Crippen molar-refractivity contribution in [2.45, 2.75) is 26.3 Å². The second kappa shape index (κ2) is 6.75. The van der Waals surface area contributed by atoms with E-state index in [4.69, 9.17) is 10.6 Å². The zero-order valence-electron chi connectivity index (χ0n) is 11.9. The van der Waals surface area contributed by atoms with Crippen molar-refractivity contribution >= 4 is 11.4 Å². The van der Waals surface area contributed by atoms with Crippen molar-refractivity contribution in [3.05, 3.63) is 48.0 Å². The number of nitrogens with zero attached hydrogens (tertiary/aromatic N) is 3. The Balaban J connectivity index is 2.24. The van der Waals surface area contributed by atoms with Gasteiger partial charge < -0.3 is 15.1 Å². The molecule has 0 aliphatic carbocycles. The number of aryl methyl sites for hydroxylation is 1. The third-order valence-electron chi connectivity index (χ3n) is 3.04. The van der Waals surface area contributed by atoms with Crippen molar-refractivity contribution in [3.8, 4) is 0 Å². The number of anilines is 1. The highest BCUT2D eigenvalue weighted by atomic mass is 16.6. The Morgan fingerprint density at radius 3 is 2.75 bits per heavy atom. The molecule has 0 bridgehead atoms. The van der Waals surface area contributed by atoms with E-state index in [1.807, 2.05) is 36.7 Å². The van der Waals surface area contributed by atoms with Gasteiger partial charge in [0.1, 0.15) is 12.9 Å². The van der Waals surface area contributed by atoms with Crippen molar-refractivity contribution in [1.82, 2.24) is 9.55 Å². The first kappa shape index (κ1) is 14.1. The van der Waals surface area contributed by atoms with Crippen LogP contribution in [-0.2, 0) is 17.8 Å². The standard InChI is InChI=1S/C15H20N4O/c1-3-9-19-10-8-17-15(19)11-14(18-20-2)12-4-6-13(16)7-5-12/h4-8,10H,3,9,11,16H2,1-2H3/b18-14-. The normalized spacial score (nSPS) is 11.6. The molecule has 0 aliphatic heterocycles. The first-order valence-corrected chi connectivity index (χ1v) is 6.70. The van der Waals surface area contributed by atoms with E-state index in [-0.39, 0.29) is 0 Å². The first-order chi connectivity index (χ1) is 9.74. The van der Waals surface area contributed by atoms with Crippen molar-refractivity contribution < 1.29 is 4.84 Å². The van der Waals surface area contributed by atoms with E-state index in [9.17, 15) is 0 Å². The molecule has 1 aromatic carbocycles. The molecule has 0 saturated carbocycles. The van der Waals surface area contributed by atoms with Crippen molar-refractivity contribution in [2.24, 2.45) is 5.16 Å². The lowest BCUT2D eigenvalue weighted by molar-refractivity contribution is 0.213. The molecule has 2 aromatic rings. The summed E-state index contributed by atoms with van der Waals surface area (Å²) >= 11 is 0. The van der Waals surface area contributed by atoms with E-state index in [0.717, 1.165) is 35.8 Å². The summed E-state index contributed by atoms with van der Waals surface area (Å²) in [6.45, 7) is 3.10. The van der Waals surface area contributed by atoms with Gasteiger partial charge in [-0.3, -0.25) is 0 Å². The van der Waals surface area contributed by atoms with Gasteiger partial charge in [-0.15, -0.1) is 0 Å². The second-order valence-corrected chi connectivity index (χ2v) is 4.56. The van der Waals surface area contributed by atoms with Gasteiger partial charge in [0, 0.05) is 24.6 Å². The fourth-order valence-corrected chi connectivity index (χ4v) is 2.07. The Hall–Kier alpha value is -2.30. The molecule has 20 heavy (non-hydrogen) atoms. The number of imidazole rings is 1. The minimum atomic E-state index is 0.630. The molecule has 5 heteroatoms. The highest BCUT2D eigenvalue weighted by Crippen LogP contribution is 2.11. The first-order valence-electron chi connectivity index (χ1n) is 6.70. The minimum Gasteiger partial charge on any atom is -0.399 e. The quantitative estimate of drug-likeness (QED) is 0.499. The summed E-state index contributed by atoms with van der Waals surface area (Å²) in [6.07, 6.45) is 5.51. The summed E-state index contributed by atoms with van der Waals surface area (Å²) in [5.74, 6) is 0.986. The van der Waals surface area contributed by atoms with Crippen molar-refractivity contribution in [3.63, 3.8) is 0 Å². The third kappa shape index (κ3) is 3.38. The average molecular weight is 272 g/mol. The van der Waals surface area contributed by atoms with Gasteiger partial charge in [0.2, 0.25) is 0 Å². The number of hydrogen-bond donors (Lipinski definition) is 1. The SMILES string of the molecule is CCCn1ccnc1C/C(=N/OC)c1ccc(N)cc1. The van der Waals surface area contributed by atoms with Crippen LogP contribution in [0, 0.1) is 0 Å². The molecule has 0 radical (unpaired) electrons. The van der Waals surface area contributed by atoms with E-state index in [0.29, 0.717) is 6.42 Å². The number of rotatable bonds is 6. The van der Waals surface area contributed by atoms with Crippen LogP contribution in [0.4, 0.5) is 5.69 Å². The van der Waals surface area contributed by atoms with Gasteiger partial charge in [0.05, 0.1) is 12.1 Å². The van der Waals surface area contributed by atoms with Gasteiger partial charge in [-0.1, -0.05) is 24.2 Å². The van der Waals surface area contributed by atoms with Gasteiger partial charge in [-0.25, -0.2) is 4.98 Å². The molecule has 0 unspecified atom stereocenters. The van der Waals surface area contributed by atoms with Gasteiger partial charge in [0.15, 0.2) is 0 Å². The maximum Gasteiger partial charge on any atom is 0.114 e. The molecular weight excluding hydrogens is 252 g/mol. The zero-order valence-corrected chi connectivity index (χ0v) is 11.9. The molecule has 0 saturated heterocycles. The second-order valence-electron chi connectivity index (χ2n) is 4.56. The largest absolute Gasteiger partial charge is 0.399 e. The highest BCUT2D eigenvalue weighted by Gasteiger charge is 2.10. The molecule has 0 fully saturated rings. The van der Waals surface area contributed by atoms with Crippen LogP contribution in [0.1, 0.15) is 24.7 Å². The minimum absolute atomic E-state index is 0.630. The molecule has 106 valence electrons. The topological polar surface area (TPSA) is 65.4 Å². The molecule has 0 amide bonds. The Labute approximate surface area is 119 Å². The Morgan fingerprint density at radius 2 is 2.10 bits per heavy atom. The number of hydrogen-bond acceptors (Lipinski definition) is 4. The molecule has 2 N–H and O–H groups in total. The fourth-order valence-electron chi connectivity index (χ4n) is 2.07. The van der Waals surface area contributed by atoms with Crippen LogP contribution in [0.2, 0.25) is 0 Å². The summed E-state index contributed by atoms with van der Waals surface area (Å²) in [5.41, 5.74) is 8.28. The van der Waals surface area contributed by atoms with Gasteiger partial charge in [-0.05, 0) is 24.1 Å². The third-order valence-corrected chi connectivity index (χ3v) is 3.04. The lowest BCUT2D eigenvalue weighted by atomic mass is 10.1. The van der Waals surface area contributed by atoms with Crippen LogP contribution < -0.4 is 5.73 Å². The summed E-state index contributed by atoms with van der Waals surface area (Å²) < 4.78 is 2.14. The summed E-state index contributed by atoms with van der Waals surface area (Å²) in [5, 5.41) is 4.12. The Kier molecular flexibility index (Phi) is 4.76. The number of oxime groups is 1. The summed E-state index contributed by atoms with van der Waals surface area (Å²) in [6, 6.07) is 7.61. The van der Waals surface area contributed by atoms with Gasteiger partial charge >= 0.3 is 0 Å². The predicted molar refractivity (Wildman–Crippen MR) is 80.6 cm³/mol. The van der Waals surface area contributed by atoms with E-state index < -0.39 is 0 Å². The van der Waals surface area contributed by atoms with Crippen molar-refractivity contribution in [1.29, 1.82) is 0 Å². The number of aromatic nitrogens is 2. The maximum absolute atomic E-state index is 5.71. The predicted octanol–water partition coefficient (Wildman–Crippen LogP) is 2.47. The van der Waals surface area contributed by atoms with Crippen LogP contribution in [0.15, 0.2) is 41.8 Å². The highest BCUT2D eigenvalue weighted by molar-refractivity contribution is 6.01. The van der Waals surface area contributed by atoms with Crippen LogP contribution in [0.25, 0.3) is 0 Å². The number of nitrogens with two attached hydrogens (primary N) is 1. The van der Waals surface area contributed by atoms with Gasteiger partial charge in [-0.2, -0.15) is 0 Å². The molecule has 0 spiro atoms. The van der Waals surface area contributed by atoms with Crippen molar-refractivity contribution in [2.75, 3.05) is 12.8 Å². The van der Waals surface area contributed by atoms with Crippen LogP contribution >= 0.6 is 0 Å². The number of nitrogen functional groups attached to an aromatic ring is 1. The molecule has 5 nitrogen and oxygen atoms in total. The molecule has 0 aliphatic rings. The lowest BCUT2D eigenvalue weighted by Gasteiger charge is -2.09. The summed E-state index contributed by atoms with van der Waals surface area (Å²) in [4.78, 5) is 9.36. The monoisotopic (exact) mass is 272 g/mol. The molecular formula is C15H20N4O.